The molecule has 0 spiro atoms. The zero-order chi connectivity index (χ0) is 13.0. The van der Waals surface area contributed by atoms with Crippen LogP contribution in [-0.4, -0.2) is 47.3 Å². The second-order valence-electron chi connectivity index (χ2n) is 6.11. The van der Waals surface area contributed by atoms with Gasteiger partial charge in [0.15, 0.2) is 0 Å². The van der Waals surface area contributed by atoms with Crippen LogP contribution in [0.2, 0.25) is 0 Å². The summed E-state index contributed by atoms with van der Waals surface area (Å²) < 4.78 is 0. The SMILES string of the molecule is CCCNC(C)C1CCCCN1C1CCCC1O. The lowest BCUT2D eigenvalue weighted by molar-refractivity contribution is 0.0140. The Morgan fingerprint density at radius 3 is 2.72 bits per heavy atom. The van der Waals surface area contributed by atoms with Crippen molar-refractivity contribution in [3.05, 3.63) is 0 Å². The van der Waals surface area contributed by atoms with Gasteiger partial charge in [0.05, 0.1) is 6.10 Å². The van der Waals surface area contributed by atoms with Gasteiger partial charge in [0.1, 0.15) is 0 Å². The van der Waals surface area contributed by atoms with Gasteiger partial charge in [-0.1, -0.05) is 13.3 Å². The molecule has 106 valence electrons. The number of likely N-dealkylation sites (tertiary alicyclic amines) is 1. The average Bonchev–Trinajstić information content (AvgIpc) is 2.82. The number of nitrogens with one attached hydrogen (secondary N) is 1. The second-order valence-corrected chi connectivity index (χ2v) is 6.11. The number of rotatable bonds is 5. The van der Waals surface area contributed by atoms with Crippen LogP contribution >= 0.6 is 0 Å². The van der Waals surface area contributed by atoms with Gasteiger partial charge in [-0.15, -0.1) is 0 Å². The molecule has 0 radical (unpaired) electrons. The largest absolute Gasteiger partial charge is 0.391 e. The molecule has 2 N–H and O–H groups in total. The van der Waals surface area contributed by atoms with Gasteiger partial charge in [0.25, 0.3) is 0 Å². The molecule has 3 nitrogen and oxygen atoms in total. The first-order chi connectivity index (χ1) is 8.74. The van der Waals surface area contributed by atoms with Crippen molar-refractivity contribution in [2.45, 2.75) is 83.0 Å². The van der Waals surface area contributed by atoms with Crippen molar-refractivity contribution >= 4 is 0 Å². The van der Waals surface area contributed by atoms with E-state index in [0.717, 1.165) is 13.0 Å². The summed E-state index contributed by atoms with van der Waals surface area (Å²) in [5, 5.41) is 13.8. The first kappa shape index (κ1) is 14.3. The van der Waals surface area contributed by atoms with Gasteiger partial charge >= 0.3 is 0 Å². The predicted octanol–water partition coefficient (Wildman–Crippen LogP) is 2.14. The predicted molar refractivity (Wildman–Crippen MR) is 75.7 cm³/mol. The highest BCUT2D eigenvalue weighted by Gasteiger charge is 2.37. The standard InChI is InChI=1S/C15H30N2O/c1-3-10-16-12(2)13-7-4-5-11-17(13)14-8-6-9-15(14)18/h12-16,18H,3-11H2,1-2H3. The molecule has 0 amide bonds. The summed E-state index contributed by atoms with van der Waals surface area (Å²) in [5.74, 6) is 0. The van der Waals surface area contributed by atoms with Crippen LogP contribution in [-0.2, 0) is 0 Å². The van der Waals surface area contributed by atoms with Crippen molar-refractivity contribution in [3.63, 3.8) is 0 Å². The molecule has 2 rings (SSSR count). The normalized spacial score (nSPS) is 35.8. The second kappa shape index (κ2) is 6.88. The fourth-order valence-corrected chi connectivity index (χ4v) is 3.74. The van der Waals surface area contributed by atoms with Crippen molar-refractivity contribution < 1.29 is 5.11 Å². The van der Waals surface area contributed by atoms with Crippen LogP contribution in [0.25, 0.3) is 0 Å². The van der Waals surface area contributed by atoms with E-state index in [1.54, 1.807) is 0 Å². The summed E-state index contributed by atoms with van der Waals surface area (Å²) in [6, 6.07) is 1.61. The Bertz CT molecular complexity index is 247. The lowest BCUT2D eigenvalue weighted by atomic mass is 9.93. The van der Waals surface area contributed by atoms with E-state index in [9.17, 15) is 5.11 Å². The molecule has 1 aliphatic carbocycles. The first-order valence-electron chi connectivity index (χ1n) is 7.91. The van der Waals surface area contributed by atoms with Crippen LogP contribution in [0.5, 0.6) is 0 Å². The minimum Gasteiger partial charge on any atom is -0.391 e. The van der Waals surface area contributed by atoms with Gasteiger partial charge in [-0.25, -0.2) is 0 Å². The zero-order valence-corrected chi connectivity index (χ0v) is 12.1. The molecular formula is C15H30N2O. The summed E-state index contributed by atoms with van der Waals surface area (Å²) in [6.07, 6.45) is 8.46. The fourth-order valence-electron chi connectivity index (χ4n) is 3.74. The van der Waals surface area contributed by atoms with Crippen LogP contribution in [0.3, 0.4) is 0 Å². The third-order valence-electron chi connectivity index (χ3n) is 4.76. The lowest BCUT2D eigenvalue weighted by Gasteiger charge is -2.44. The number of hydrogen-bond acceptors (Lipinski definition) is 3. The Kier molecular flexibility index (Phi) is 5.46. The molecule has 0 aromatic heterocycles. The maximum absolute atomic E-state index is 10.2. The molecule has 0 aromatic carbocycles. The number of aliphatic hydroxyl groups excluding tert-OH is 1. The van der Waals surface area contributed by atoms with E-state index in [-0.39, 0.29) is 6.10 Å². The molecule has 1 saturated carbocycles. The van der Waals surface area contributed by atoms with E-state index in [4.69, 9.17) is 0 Å². The van der Waals surface area contributed by atoms with E-state index < -0.39 is 0 Å². The smallest absolute Gasteiger partial charge is 0.0695 e. The molecule has 3 heteroatoms. The van der Waals surface area contributed by atoms with E-state index in [2.05, 4.69) is 24.1 Å². The summed E-state index contributed by atoms with van der Waals surface area (Å²) >= 11 is 0. The fraction of sp³-hybridized carbons (Fsp3) is 1.00. The quantitative estimate of drug-likeness (QED) is 0.789. The van der Waals surface area contributed by atoms with Gasteiger partial charge in [-0.3, -0.25) is 4.90 Å². The summed E-state index contributed by atoms with van der Waals surface area (Å²) in [5.41, 5.74) is 0. The molecule has 18 heavy (non-hydrogen) atoms. The lowest BCUT2D eigenvalue weighted by Crippen LogP contribution is -2.56. The number of hydrogen-bond donors (Lipinski definition) is 2. The summed E-state index contributed by atoms with van der Waals surface area (Å²) in [7, 11) is 0. The summed E-state index contributed by atoms with van der Waals surface area (Å²) in [4.78, 5) is 2.62. The first-order valence-corrected chi connectivity index (χ1v) is 7.91. The Labute approximate surface area is 112 Å². The van der Waals surface area contributed by atoms with Crippen LogP contribution in [0.1, 0.15) is 58.8 Å². The Hall–Kier alpha value is -0.120. The highest BCUT2D eigenvalue weighted by atomic mass is 16.3. The number of piperidine rings is 1. The molecule has 4 atom stereocenters. The van der Waals surface area contributed by atoms with Crippen molar-refractivity contribution in [2.24, 2.45) is 0 Å². The van der Waals surface area contributed by atoms with E-state index in [1.807, 2.05) is 0 Å². The average molecular weight is 254 g/mol. The van der Waals surface area contributed by atoms with Gasteiger partial charge < -0.3 is 10.4 Å². The molecule has 2 aliphatic rings. The van der Waals surface area contributed by atoms with Crippen LogP contribution in [0, 0.1) is 0 Å². The molecule has 1 saturated heterocycles. The highest BCUT2D eigenvalue weighted by Crippen LogP contribution is 2.30. The van der Waals surface area contributed by atoms with E-state index in [0.29, 0.717) is 18.1 Å². The van der Waals surface area contributed by atoms with Crippen molar-refractivity contribution in [3.8, 4) is 0 Å². The molecule has 4 unspecified atom stereocenters. The molecule has 1 heterocycles. The van der Waals surface area contributed by atoms with E-state index in [1.165, 1.54) is 45.1 Å². The Balaban J connectivity index is 1.96. The number of nitrogens with zero attached hydrogens (tertiary/aromatic N) is 1. The Morgan fingerprint density at radius 1 is 1.22 bits per heavy atom. The molecule has 1 aliphatic heterocycles. The third-order valence-corrected chi connectivity index (χ3v) is 4.76. The molecular weight excluding hydrogens is 224 g/mol. The number of aliphatic hydroxyl groups is 1. The maximum atomic E-state index is 10.2. The van der Waals surface area contributed by atoms with Crippen molar-refractivity contribution in [2.75, 3.05) is 13.1 Å². The topological polar surface area (TPSA) is 35.5 Å². The van der Waals surface area contributed by atoms with Crippen molar-refractivity contribution in [1.29, 1.82) is 0 Å². The van der Waals surface area contributed by atoms with Crippen LogP contribution in [0.15, 0.2) is 0 Å². The van der Waals surface area contributed by atoms with Gasteiger partial charge in [-0.05, 0) is 58.5 Å². The van der Waals surface area contributed by atoms with E-state index >= 15 is 0 Å². The minimum absolute atomic E-state index is 0.0797. The minimum atomic E-state index is -0.0797. The molecule has 0 aromatic rings. The zero-order valence-electron chi connectivity index (χ0n) is 12.1. The third kappa shape index (κ3) is 3.25. The van der Waals surface area contributed by atoms with Crippen LogP contribution in [0.4, 0.5) is 0 Å². The summed E-state index contributed by atoms with van der Waals surface area (Å²) in [6.45, 7) is 6.84. The highest BCUT2D eigenvalue weighted by molar-refractivity contribution is 4.93. The van der Waals surface area contributed by atoms with Crippen LogP contribution < -0.4 is 5.32 Å². The van der Waals surface area contributed by atoms with Gasteiger partial charge in [0.2, 0.25) is 0 Å². The molecule has 0 bridgehead atoms. The van der Waals surface area contributed by atoms with Crippen molar-refractivity contribution in [1.82, 2.24) is 10.2 Å². The molecule has 2 fully saturated rings. The van der Waals surface area contributed by atoms with Gasteiger partial charge in [0, 0.05) is 18.1 Å². The van der Waals surface area contributed by atoms with Gasteiger partial charge in [-0.2, -0.15) is 0 Å². The monoisotopic (exact) mass is 254 g/mol. The Morgan fingerprint density at radius 2 is 2.06 bits per heavy atom. The maximum Gasteiger partial charge on any atom is 0.0695 e.